The lowest BCUT2D eigenvalue weighted by molar-refractivity contribution is -0.192. The minimum Gasteiger partial charge on any atom is -0.475 e. The van der Waals surface area contributed by atoms with Gasteiger partial charge in [-0.05, 0) is 17.5 Å². The van der Waals surface area contributed by atoms with Gasteiger partial charge in [0.2, 0.25) is 0 Å². The van der Waals surface area contributed by atoms with Gasteiger partial charge in [-0.3, -0.25) is 0 Å². The molecule has 0 spiro atoms. The second kappa shape index (κ2) is 7.04. The van der Waals surface area contributed by atoms with Crippen LogP contribution in [0.4, 0.5) is 13.2 Å². The van der Waals surface area contributed by atoms with Crippen LogP contribution in [-0.4, -0.2) is 37.0 Å². The minimum atomic E-state index is -5.08. The molecule has 136 valence electrons. The molecule has 0 unspecified atom stereocenters. The third kappa shape index (κ3) is 3.94. The van der Waals surface area contributed by atoms with Gasteiger partial charge in [-0.2, -0.15) is 18.3 Å². The Kier molecular flexibility index (Phi) is 4.80. The van der Waals surface area contributed by atoms with Crippen molar-refractivity contribution in [3.8, 4) is 11.4 Å². The molecule has 0 aliphatic carbocycles. The molecular formula is C15H11F3N4O3S. The van der Waals surface area contributed by atoms with Gasteiger partial charge in [0, 0.05) is 4.88 Å². The lowest BCUT2D eigenvalue weighted by Gasteiger charge is -1.97. The molecule has 0 bridgehead atoms. The van der Waals surface area contributed by atoms with Crippen molar-refractivity contribution >= 4 is 28.5 Å². The number of aromatic nitrogens is 4. The van der Waals surface area contributed by atoms with Gasteiger partial charge in [0.15, 0.2) is 5.65 Å². The molecule has 4 aromatic heterocycles. The number of rotatable bonds is 3. The third-order valence-electron chi connectivity index (χ3n) is 3.21. The Labute approximate surface area is 147 Å². The molecule has 4 aromatic rings. The summed E-state index contributed by atoms with van der Waals surface area (Å²) in [4.78, 5) is 18.0. The summed E-state index contributed by atoms with van der Waals surface area (Å²) in [6, 6.07) is 6.03. The minimum absolute atomic E-state index is 0.747. The van der Waals surface area contributed by atoms with Crippen LogP contribution in [0.2, 0.25) is 0 Å². The Balaban J connectivity index is 0.000000242. The molecule has 4 rings (SSSR count). The van der Waals surface area contributed by atoms with Crippen molar-refractivity contribution in [1.29, 1.82) is 0 Å². The zero-order valence-electron chi connectivity index (χ0n) is 12.9. The van der Waals surface area contributed by atoms with E-state index in [9.17, 15) is 13.2 Å². The van der Waals surface area contributed by atoms with Gasteiger partial charge in [0.05, 0.1) is 24.6 Å². The van der Waals surface area contributed by atoms with Gasteiger partial charge in [-0.1, -0.05) is 6.07 Å². The molecule has 7 nitrogen and oxygen atoms in total. The van der Waals surface area contributed by atoms with Crippen LogP contribution in [0.5, 0.6) is 0 Å². The summed E-state index contributed by atoms with van der Waals surface area (Å²) >= 11 is 1.72. The fourth-order valence-electron chi connectivity index (χ4n) is 2.05. The molecule has 0 amide bonds. The molecule has 0 fully saturated rings. The quantitative estimate of drug-likeness (QED) is 0.561. The molecule has 4 heterocycles. The number of imidazole rings is 1. The van der Waals surface area contributed by atoms with E-state index in [1.165, 1.54) is 4.88 Å². The number of aliphatic carboxylic acids is 1. The average molecular weight is 384 g/mol. The van der Waals surface area contributed by atoms with Crippen molar-refractivity contribution in [1.82, 2.24) is 19.7 Å². The number of carboxylic acids is 1. The van der Waals surface area contributed by atoms with Crippen LogP contribution in [0.3, 0.4) is 0 Å². The molecule has 2 N–H and O–H groups in total. The summed E-state index contributed by atoms with van der Waals surface area (Å²) in [5.74, 6) is -1.95. The predicted molar refractivity (Wildman–Crippen MR) is 86.7 cm³/mol. The standard InChI is InChI=1S/C13H10N4OS.C2HF3O2/c1-2-10(19-5-1)7-17-13-11(6-14-17)15-12(16-13)9-3-4-18-8-9;3-2(4,5)1(6)7/h1-6,8H,7H2,(H,15,16);(H,6,7). The van der Waals surface area contributed by atoms with Gasteiger partial charge in [0.25, 0.3) is 0 Å². The van der Waals surface area contributed by atoms with E-state index in [-0.39, 0.29) is 0 Å². The van der Waals surface area contributed by atoms with Crippen LogP contribution in [-0.2, 0) is 11.3 Å². The van der Waals surface area contributed by atoms with Crippen molar-refractivity contribution < 1.29 is 27.5 Å². The summed E-state index contributed by atoms with van der Waals surface area (Å²) in [5.41, 5.74) is 2.75. The summed E-state index contributed by atoms with van der Waals surface area (Å²) in [5, 5.41) is 13.6. The van der Waals surface area contributed by atoms with E-state index in [1.54, 1.807) is 30.1 Å². The maximum absolute atomic E-state index is 10.6. The predicted octanol–water partition coefficient (Wildman–Crippen LogP) is 3.76. The lowest BCUT2D eigenvalue weighted by Crippen LogP contribution is -2.21. The highest BCUT2D eigenvalue weighted by atomic mass is 32.1. The van der Waals surface area contributed by atoms with Gasteiger partial charge >= 0.3 is 12.1 Å². The van der Waals surface area contributed by atoms with Gasteiger partial charge in [0.1, 0.15) is 17.6 Å². The Hall–Kier alpha value is -3.08. The first-order chi connectivity index (χ1) is 12.3. The number of fused-ring (bicyclic) bond motifs is 1. The third-order valence-corrected chi connectivity index (χ3v) is 4.07. The van der Waals surface area contributed by atoms with Crippen LogP contribution in [0.1, 0.15) is 4.88 Å². The van der Waals surface area contributed by atoms with Crippen LogP contribution in [0, 0.1) is 0 Å². The van der Waals surface area contributed by atoms with E-state index in [0.717, 1.165) is 29.1 Å². The van der Waals surface area contributed by atoms with Crippen molar-refractivity contribution in [2.45, 2.75) is 12.7 Å². The Morgan fingerprint density at radius 2 is 2.15 bits per heavy atom. The zero-order chi connectivity index (χ0) is 18.7. The van der Waals surface area contributed by atoms with Gasteiger partial charge in [-0.25, -0.2) is 14.5 Å². The number of aromatic amines is 1. The smallest absolute Gasteiger partial charge is 0.475 e. The largest absolute Gasteiger partial charge is 0.490 e. The van der Waals surface area contributed by atoms with Crippen molar-refractivity contribution in [3.63, 3.8) is 0 Å². The average Bonchev–Trinajstić information content (AvgIpc) is 3.34. The maximum Gasteiger partial charge on any atom is 0.490 e. The van der Waals surface area contributed by atoms with E-state index in [0.29, 0.717) is 0 Å². The number of H-pyrrole nitrogens is 1. The van der Waals surface area contributed by atoms with Crippen LogP contribution in [0.15, 0.2) is 46.7 Å². The monoisotopic (exact) mass is 384 g/mol. The molecular weight excluding hydrogens is 373 g/mol. The van der Waals surface area contributed by atoms with Crippen molar-refractivity contribution in [2.75, 3.05) is 0 Å². The van der Waals surface area contributed by atoms with Gasteiger partial charge < -0.3 is 14.5 Å². The highest BCUT2D eigenvalue weighted by molar-refractivity contribution is 7.09. The van der Waals surface area contributed by atoms with E-state index in [2.05, 4.69) is 26.5 Å². The fourth-order valence-corrected chi connectivity index (χ4v) is 2.73. The lowest BCUT2D eigenvalue weighted by atomic mass is 10.3. The second-order valence-corrected chi connectivity index (χ2v) is 6.05. The molecule has 0 saturated carbocycles. The highest BCUT2D eigenvalue weighted by Gasteiger charge is 2.38. The molecule has 0 atom stereocenters. The van der Waals surface area contributed by atoms with E-state index in [1.807, 2.05) is 16.8 Å². The zero-order valence-corrected chi connectivity index (χ0v) is 13.7. The van der Waals surface area contributed by atoms with E-state index >= 15 is 0 Å². The van der Waals surface area contributed by atoms with E-state index < -0.39 is 12.1 Å². The number of carboxylic acid groups (broad SMARTS) is 1. The molecule has 26 heavy (non-hydrogen) atoms. The normalized spacial score (nSPS) is 11.3. The number of nitrogens with one attached hydrogen (secondary N) is 1. The first-order valence-electron chi connectivity index (χ1n) is 7.11. The van der Waals surface area contributed by atoms with Gasteiger partial charge in [-0.15, -0.1) is 11.3 Å². The first-order valence-corrected chi connectivity index (χ1v) is 7.99. The molecule has 11 heteroatoms. The molecule has 0 saturated heterocycles. The van der Waals surface area contributed by atoms with Crippen molar-refractivity contribution in [3.05, 3.63) is 47.2 Å². The van der Waals surface area contributed by atoms with Crippen LogP contribution < -0.4 is 0 Å². The molecule has 0 aliphatic rings. The number of halogens is 3. The molecule has 0 radical (unpaired) electrons. The first kappa shape index (κ1) is 17.7. The number of furan rings is 1. The Bertz CT molecular complexity index is 988. The highest BCUT2D eigenvalue weighted by Crippen LogP contribution is 2.21. The number of nitrogens with zero attached hydrogens (tertiary/aromatic N) is 3. The number of hydrogen-bond acceptors (Lipinski definition) is 5. The maximum atomic E-state index is 10.6. The second-order valence-electron chi connectivity index (χ2n) is 5.02. The topological polar surface area (TPSA) is 96.9 Å². The number of carbonyl (C=O) groups is 1. The molecule has 0 aliphatic heterocycles. The summed E-state index contributed by atoms with van der Waals surface area (Å²) in [6.45, 7) is 0.747. The number of alkyl halides is 3. The Morgan fingerprint density at radius 1 is 1.38 bits per heavy atom. The van der Waals surface area contributed by atoms with E-state index in [4.69, 9.17) is 14.3 Å². The summed E-state index contributed by atoms with van der Waals surface area (Å²) < 4.78 is 38.7. The number of thiophene rings is 1. The summed E-state index contributed by atoms with van der Waals surface area (Å²) in [7, 11) is 0. The Morgan fingerprint density at radius 3 is 2.73 bits per heavy atom. The SMILES string of the molecule is O=C(O)C(F)(F)F.c1csc(Cn2ncc3[nH]c(-c4ccoc4)nc32)c1. The van der Waals surface area contributed by atoms with Crippen molar-refractivity contribution in [2.24, 2.45) is 0 Å². The van der Waals surface area contributed by atoms with Crippen LogP contribution >= 0.6 is 11.3 Å². The fraction of sp³-hybridized carbons (Fsp3) is 0.133. The summed E-state index contributed by atoms with van der Waals surface area (Å²) in [6.07, 6.45) is 0.0365. The molecule has 0 aromatic carbocycles. The number of hydrogen-bond donors (Lipinski definition) is 2. The van der Waals surface area contributed by atoms with Crippen LogP contribution in [0.25, 0.3) is 22.6 Å².